The van der Waals surface area contributed by atoms with Crippen LogP contribution >= 0.6 is 0 Å². The number of aromatic nitrogens is 1. The maximum Gasteiger partial charge on any atom is 0.163 e. The highest BCUT2D eigenvalue weighted by Gasteiger charge is 2.28. The monoisotopic (exact) mass is 250 g/mol. The molecule has 2 rings (SSSR count). The van der Waals surface area contributed by atoms with Gasteiger partial charge in [0.15, 0.2) is 5.78 Å². The van der Waals surface area contributed by atoms with Crippen LogP contribution in [0.15, 0.2) is 18.3 Å². The molecule has 0 saturated carbocycles. The molecule has 1 fully saturated rings. The molecule has 2 unspecified atom stereocenters. The van der Waals surface area contributed by atoms with Crippen LogP contribution in [0.5, 0.6) is 0 Å². The van der Waals surface area contributed by atoms with E-state index in [9.17, 15) is 9.90 Å². The van der Waals surface area contributed by atoms with Crippen molar-refractivity contribution in [3.05, 3.63) is 23.9 Å². The fourth-order valence-electron chi connectivity index (χ4n) is 2.12. The first-order valence-electron chi connectivity index (χ1n) is 6.08. The quantitative estimate of drug-likeness (QED) is 0.806. The van der Waals surface area contributed by atoms with Crippen molar-refractivity contribution < 1.29 is 14.6 Å². The van der Waals surface area contributed by atoms with Gasteiger partial charge in [0.05, 0.1) is 30.9 Å². The Morgan fingerprint density at radius 2 is 2.44 bits per heavy atom. The molecular weight excluding hydrogens is 232 g/mol. The van der Waals surface area contributed by atoms with Crippen LogP contribution in [-0.4, -0.2) is 47.8 Å². The third-order valence-electron chi connectivity index (χ3n) is 3.15. The Morgan fingerprint density at radius 1 is 1.67 bits per heavy atom. The third-order valence-corrected chi connectivity index (χ3v) is 3.15. The van der Waals surface area contributed by atoms with E-state index in [4.69, 9.17) is 4.74 Å². The second-order valence-electron chi connectivity index (χ2n) is 4.57. The van der Waals surface area contributed by atoms with Gasteiger partial charge >= 0.3 is 0 Å². The first-order valence-corrected chi connectivity index (χ1v) is 6.08. The van der Waals surface area contributed by atoms with Crippen molar-refractivity contribution in [3.63, 3.8) is 0 Å². The number of morpholine rings is 1. The van der Waals surface area contributed by atoms with Crippen molar-refractivity contribution in [2.45, 2.75) is 26.0 Å². The number of rotatable bonds is 3. The molecule has 0 radical (unpaired) electrons. The normalized spacial score (nSPS) is 24.1. The number of ketones is 1. The Hall–Kier alpha value is -1.46. The molecule has 18 heavy (non-hydrogen) atoms. The molecule has 5 nitrogen and oxygen atoms in total. The molecule has 0 aliphatic carbocycles. The Balaban J connectivity index is 2.31. The maximum absolute atomic E-state index is 11.6. The molecule has 1 aromatic heterocycles. The van der Waals surface area contributed by atoms with Crippen molar-refractivity contribution in [2.24, 2.45) is 0 Å². The van der Waals surface area contributed by atoms with Crippen molar-refractivity contribution in [1.29, 1.82) is 0 Å². The van der Waals surface area contributed by atoms with Crippen LogP contribution in [0, 0.1) is 0 Å². The van der Waals surface area contributed by atoms with Crippen LogP contribution in [0.2, 0.25) is 0 Å². The second kappa shape index (κ2) is 5.46. The molecule has 1 saturated heterocycles. The van der Waals surface area contributed by atoms with E-state index in [2.05, 4.69) is 4.98 Å². The summed E-state index contributed by atoms with van der Waals surface area (Å²) in [5, 5.41) is 9.18. The lowest BCUT2D eigenvalue weighted by Gasteiger charge is -2.38. The Bertz CT molecular complexity index is 436. The molecule has 1 aliphatic heterocycles. The summed E-state index contributed by atoms with van der Waals surface area (Å²) < 4.78 is 5.49. The molecule has 1 N–H and O–H groups in total. The SMILES string of the molecule is CC(=O)c1cccnc1N1CC(CO)OCC1C. The number of ether oxygens (including phenoxy) is 1. The first-order chi connectivity index (χ1) is 8.63. The average Bonchev–Trinajstić information content (AvgIpc) is 2.39. The molecule has 0 bridgehead atoms. The van der Waals surface area contributed by atoms with Gasteiger partial charge < -0.3 is 14.7 Å². The molecule has 2 heterocycles. The molecule has 1 aromatic rings. The highest BCUT2D eigenvalue weighted by molar-refractivity contribution is 5.98. The lowest BCUT2D eigenvalue weighted by atomic mass is 10.1. The molecule has 1 aliphatic rings. The standard InChI is InChI=1S/C13H18N2O3/c1-9-8-18-11(7-16)6-15(9)13-12(10(2)17)4-3-5-14-13/h3-5,9,11,16H,6-8H2,1-2H3. The van der Waals surface area contributed by atoms with Crippen LogP contribution in [0.1, 0.15) is 24.2 Å². The Kier molecular flexibility index (Phi) is 3.93. The fraction of sp³-hybridized carbons (Fsp3) is 0.538. The van der Waals surface area contributed by atoms with Gasteiger partial charge in [-0.2, -0.15) is 0 Å². The summed E-state index contributed by atoms with van der Waals surface area (Å²) in [4.78, 5) is 18.0. The molecule has 5 heteroatoms. The van der Waals surface area contributed by atoms with Crippen LogP contribution in [0.3, 0.4) is 0 Å². The minimum Gasteiger partial charge on any atom is -0.394 e. The number of hydrogen-bond donors (Lipinski definition) is 1. The largest absolute Gasteiger partial charge is 0.394 e. The molecule has 0 spiro atoms. The van der Waals surface area contributed by atoms with E-state index in [1.54, 1.807) is 18.3 Å². The van der Waals surface area contributed by atoms with Gasteiger partial charge in [0.25, 0.3) is 0 Å². The molecule has 98 valence electrons. The molecular formula is C13H18N2O3. The number of Topliss-reactive ketones (excluding diaryl/α,β-unsaturated/α-hetero) is 1. The average molecular weight is 250 g/mol. The van der Waals surface area contributed by atoms with Gasteiger partial charge in [0.1, 0.15) is 5.82 Å². The fourth-order valence-corrected chi connectivity index (χ4v) is 2.12. The van der Waals surface area contributed by atoms with Gasteiger partial charge in [-0.15, -0.1) is 0 Å². The minimum absolute atomic E-state index is 0.00246. The number of nitrogens with zero attached hydrogens (tertiary/aromatic N) is 2. The van der Waals surface area contributed by atoms with Gasteiger partial charge in [-0.3, -0.25) is 4.79 Å². The van der Waals surface area contributed by atoms with Gasteiger partial charge in [-0.05, 0) is 26.0 Å². The van der Waals surface area contributed by atoms with Crippen LogP contribution in [-0.2, 0) is 4.74 Å². The van der Waals surface area contributed by atoms with E-state index in [1.165, 1.54) is 6.92 Å². The van der Waals surface area contributed by atoms with E-state index >= 15 is 0 Å². The predicted octanol–water partition coefficient (Wildman–Crippen LogP) is 0.870. The molecule has 0 amide bonds. The first kappa shape index (κ1) is 13.0. The van der Waals surface area contributed by atoms with Gasteiger partial charge in [-0.1, -0.05) is 0 Å². The molecule has 2 atom stereocenters. The smallest absolute Gasteiger partial charge is 0.163 e. The Morgan fingerprint density at radius 3 is 3.11 bits per heavy atom. The van der Waals surface area contributed by atoms with Crippen LogP contribution in [0.4, 0.5) is 5.82 Å². The van der Waals surface area contributed by atoms with Crippen molar-refractivity contribution in [2.75, 3.05) is 24.7 Å². The lowest BCUT2D eigenvalue weighted by molar-refractivity contribution is -0.0106. The zero-order valence-electron chi connectivity index (χ0n) is 10.7. The number of anilines is 1. The van der Waals surface area contributed by atoms with Gasteiger partial charge in [0, 0.05) is 12.7 Å². The number of aliphatic hydroxyl groups is 1. The van der Waals surface area contributed by atoms with E-state index in [0.29, 0.717) is 24.5 Å². The second-order valence-corrected chi connectivity index (χ2v) is 4.57. The highest BCUT2D eigenvalue weighted by Crippen LogP contribution is 2.23. The topological polar surface area (TPSA) is 62.7 Å². The predicted molar refractivity (Wildman–Crippen MR) is 67.9 cm³/mol. The van der Waals surface area contributed by atoms with Crippen LogP contribution < -0.4 is 4.90 Å². The van der Waals surface area contributed by atoms with Crippen molar-refractivity contribution in [3.8, 4) is 0 Å². The van der Waals surface area contributed by atoms with E-state index < -0.39 is 0 Å². The highest BCUT2D eigenvalue weighted by atomic mass is 16.5. The Labute approximate surface area is 106 Å². The van der Waals surface area contributed by atoms with Gasteiger partial charge in [0.2, 0.25) is 0 Å². The minimum atomic E-state index is -0.219. The number of aliphatic hydroxyl groups excluding tert-OH is 1. The summed E-state index contributed by atoms with van der Waals surface area (Å²) in [6.45, 7) is 4.61. The zero-order chi connectivity index (χ0) is 13.1. The van der Waals surface area contributed by atoms with Crippen molar-refractivity contribution in [1.82, 2.24) is 4.98 Å². The van der Waals surface area contributed by atoms with Crippen LogP contribution in [0.25, 0.3) is 0 Å². The summed E-state index contributed by atoms with van der Waals surface area (Å²) in [7, 11) is 0. The summed E-state index contributed by atoms with van der Waals surface area (Å²) in [5.74, 6) is 0.677. The van der Waals surface area contributed by atoms with E-state index in [-0.39, 0.29) is 24.5 Å². The maximum atomic E-state index is 11.6. The zero-order valence-corrected chi connectivity index (χ0v) is 10.7. The summed E-state index contributed by atoms with van der Waals surface area (Å²) in [6.07, 6.45) is 1.46. The van der Waals surface area contributed by atoms with E-state index in [0.717, 1.165) is 0 Å². The number of carbonyl (C=O) groups excluding carboxylic acids is 1. The van der Waals surface area contributed by atoms with E-state index in [1.807, 2.05) is 11.8 Å². The number of pyridine rings is 1. The number of carbonyl (C=O) groups is 1. The van der Waals surface area contributed by atoms with Gasteiger partial charge in [-0.25, -0.2) is 4.98 Å². The molecule has 0 aromatic carbocycles. The van der Waals surface area contributed by atoms with Crippen molar-refractivity contribution >= 4 is 11.6 Å². The number of hydrogen-bond acceptors (Lipinski definition) is 5. The summed E-state index contributed by atoms with van der Waals surface area (Å²) in [5.41, 5.74) is 0.614. The third kappa shape index (κ3) is 2.52. The summed E-state index contributed by atoms with van der Waals surface area (Å²) >= 11 is 0. The lowest BCUT2D eigenvalue weighted by Crippen LogP contribution is -2.50. The summed E-state index contributed by atoms with van der Waals surface area (Å²) in [6, 6.07) is 3.68.